The second-order valence-corrected chi connectivity index (χ2v) is 5.16. The minimum atomic E-state index is -0.211. The molecule has 12 heteroatoms. The monoisotopic (exact) mass is 1160 g/mol. The van der Waals surface area contributed by atoms with Gasteiger partial charge in [-0.3, -0.25) is 14.4 Å². The van der Waals surface area contributed by atoms with Gasteiger partial charge in [-0.2, -0.15) is 0 Å². The maximum Gasteiger partial charge on any atom is 0.306 e. The predicted octanol–water partition coefficient (Wildman–Crippen LogP) is 22.6. The summed E-state index contributed by atoms with van der Waals surface area (Å²) >= 11 is 0. The average molecular weight is 1160 g/mol. The van der Waals surface area contributed by atoms with Gasteiger partial charge < -0.3 is 29.6 Å². The van der Waals surface area contributed by atoms with Crippen molar-refractivity contribution < 1.29 is 157 Å². The van der Waals surface area contributed by atoms with Gasteiger partial charge in [0.25, 0.3) is 0 Å². The van der Waals surface area contributed by atoms with Gasteiger partial charge in [0.05, 0.1) is 26.7 Å². The molecule has 0 rings (SSSR count). The van der Waals surface area contributed by atoms with Gasteiger partial charge in [0.1, 0.15) is 6.79 Å². The number of rotatable bonds is 3. The molecule has 480 valence electrons. The molecule has 0 saturated carbocycles. The largest absolute Gasteiger partial charge is 0.469 e. The van der Waals surface area contributed by atoms with Crippen molar-refractivity contribution in [1.82, 2.24) is 0 Å². The Morgan fingerprint density at radius 2 is 0.466 bits per heavy atom. The fraction of sp³-hybridized carbons (Fsp3) is 0.705. The van der Waals surface area contributed by atoms with E-state index in [4.69, 9.17) is 9.90 Å². The van der Waals surface area contributed by atoms with Gasteiger partial charge in [-0.05, 0) is 19.3 Å². The molecule has 3 N–H and O–H groups in total. The van der Waals surface area contributed by atoms with E-state index in [2.05, 4.69) is 106 Å². The molecule has 0 spiro atoms. The number of aliphatic hydroxyl groups is 1. The van der Waals surface area contributed by atoms with Crippen LogP contribution in [-0.4, -0.2) is 62.7 Å². The number of hydrogen-bond donors (Lipinski definition) is 1. The van der Waals surface area contributed by atoms with Gasteiger partial charge in [-0.25, -0.2) is 0 Å². The zero-order valence-corrected chi connectivity index (χ0v) is 58.7. The number of aliphatic hydroxyl groups excluding tert-OH is 1. The van der Waals surface area contributed by atoms with Gasteiger partial charge >= 0.3 is 17.9 Å². The molecule has 0 atom stereocenters. The summed E-state index contributed by atoms with van der Waals surface area (Å²) < 4.78 is 13.3. The van der Waals surface area contributed by atoms with Crippen LogP contribution in [-0.2, 0) is 33.4 Å². The van der Waals surface area contributed by atoms with Crippen LogP contribution in [0, 0.1) is 119 Å². The summed E-state index contributed by atoms with van der Waals surface area (Å²) in [6, 6.07) is 0. The van der Waals surface area contributed by atoms with Crippen LogP contribution in [0.1, 0.15) is 264 Å². The maximum atomic E-state index is 10.6. The summed E-state index contributed by atoms with van der Waals surface area (Å²) in [6.45, 7) is 113. The minimum Gasteiger partial charge on any atom is -0.469 e. The SMILES string of the molecule is C.C.C=C.C=C.C=C.C=C.C=C.C=C.C=C.C=O.CC.CC.CC.CC.CC.CC.CC.CC.CC.CC.CC.CC.CC.CC.CCOC(C)=O.CCOC(C)=O.CO.COC(=O)CC(C)(C)C.O.[Ar].[Ar].[Ar]. The molecular weight excluding hydrogens is 997 g/mol. The Morgan fingerprint density at radius 1 is 0.370 bits per heavy atom. The van der Waals surface area contributed by atoms with Gasteiger partial charge in [-0.1, -0.05) is 229 Å². The Bertz CT molecular complexity index is 394. The third-order valence-electron chi connectivity index (χ3n) is 1.60. The topological polar surface area (TPSA) is 148 Å². The fourth-order valence-corrected chi connectivity index (χ4v) is 0.912. The van der Waals surface area contributed by atoms with Crippen molar-refractivity contribution in [2.45, 2.75) is 264 Å². The molecule has 0 fully saturated rings. The van der Waals surface area contributed by atoms with Crippen molar-refractivity contribution >= 4 is 24.7 Å². The van der Waals surface area contributed by atoms with Crippen molar-refractivity contribution in [3.63, 3.8) is 0 Å². The molecule has 9 nitrogen and oxygen atoms in total. The first-order chi connectivity index (χ1) is 32.5. The second-order valence-electron chi connectivity index (χ2n) is 5.16. The first-order valence-corrected chi connectivity index (χ1v) is 25.1. The number of methoxy groups -OCH3 is 1. The zero-order chi connectivity index (χ0) is 63.5. The number of hydrogen-bond acceptors (Lipinski definition) is 8. The molecule has 0 bridgehead atoms. The van der Waals surface area contributed by atoms with Crippen LogP contribution in [0.2, 0.25) is 0 Å². The van der Waals surface area contributed by atoms with E-state index < -0.39 is 0 Å². The molecule has 0 heterocycles. The van der Waals surface area contributed by atoms with Gasteiger partial charge in [0.15, 0.2) is 0 Å². The molecule has 0 aliphatic heterocycles. The van der Waals surface area contributed by atoms with Crippen molar-refractivity contribution in [3.05, 3.63) is 92.1 Å². The number of esters is 3. The van der Waals surface area contributed by atoms with Crippen LogP contribution in [0.4, 0.5) is 0 Å². The number of ether oxygens (including phenoxy) is 3. The summed E-state index contributed by atoms with van der Waals surface area (Å²) in [5.74, 6) is -0.558. The Labute approximate surface area is 564 Å². The Balaban J connectivity index is -0.00000000818. The van der Waals surface area contributed by atoms with Crippen molar-refractivity contribution in [1.29, 1.82) is 0 Å². The van der Waals surface area contributed by atoms with E-state index in [0.29, 0.717) is 19.6 Å². The molecule has 0 aromatic rings. The fourth-order valence-electron chi connectivity index (χ4n) is 0.912. The van der Waals surface area contributed by atoms with Crippen LogP contribution < -0.4 is 0 Å². The average Bonchev–Trinajstić information content (AvgIpc) is 3.47. The summed E-state index contributed by atoms with van der Waals surface area (Å²) in [5, 5.41) is 7.00. The van der Waals surface area contributed by atoms with E-state index in [1.54, 1.807) is 13.8 Å². The molecule has 0 radical (unpaired) electrons. The molecule has 0 saturated heterocycles. The molecule has 0 aromatic heterocycles. The van der Waals surface area contributed by atoms with Crippen LogP contribution in [0.25, 0.3) is 0 Å². The standard InChI is InChI=1S/C7H14O2.2C4H8O2.14C2H6.7C2H4.CH4O.CH2O.2CH4.3Ar.H2O/c1-7(2,3)5-6(8)9-4;2*1-3-6-4(2)5;23*1-2;;;;;;/h5H2,1-4H3;2*3H2,1-2H3;14*1-2H3;7*1-2H2;2H,1H3;1H2;2*1H4;;;;1H2. The Morgan fingerprint density at radius 3 is 0.479 bits per heavy atom. The first-order valence-electron chi connectivity index (χ1n) is 25.1. The predicted molar refractivity (Wildman–Crippen MR) is 351 cm³/mol. The van der Waals surface area contributed by atoms with Crippen molar-refractivity contribution in [2.24, 2.45) is 5.41 Å². The van der Waals surface area contributed by atoms with Crippen LogP contribution in [0.5, 0.6) is 0 Å². The van der Waals surface area contributed by atoms with E-state index in [0.717, 1.165) is 7.11 Å². The van der Waals surface area contributed by atoms with Crippen molar-refractivity contribution in [2.75, 3.05) is 27.4 Å². The quantitative estimate of drug-likeness (QED) is 0.167. The molecule has 0 amide bonds. The van der Waals surface area contributed by atoms with E-state index in [9.17, 15) is 14.4 Å². The number of carbonyl (C=O) groups is 4. The molecule has 0 aliphatic rings. The van der Waals surface area contributed by atoms with Crippen LogP contribution >= 0.6 is 0 Å². The van der Waals surface area contributed by atoms with E-state index in [-0.39, 0.29) is 157 Å². The normalized spacial score (nSPS) is 4.30. The van der Waals surface area contributed by atoms with Crippen LogP contribution in [0.3, 0.4) is 0 Å². The summed E-state index contributed by atoms with van der Waals surface area (Å²) in [6.07, 6.45) is 0.490. The van der Waals surface area contributed by atoms with E-state index in [1.807, 2.05) is 221 Å². The molecule has 0 aliphatic carbocycles. The third kappa shape index (κ3) is 2100. The van der Waals surface area contributed by atoms with Gasteiger partial charge in [0.2, 0.25) is 0 Å². The Kier molecular flexibility index (Phi) is 2540. The minimum absolute atomic E-state index is 0. The first kappa shape index (κ1) is 225. The van der Waals surface area contributed by atoms with Crippen molar-refractivity contribution in [3.8, 4) is 0 Å². The molecule has 0 unspecified atom stereocenters. The molecule has 0 aromatic carbocycles. The Hall–Kier alpha value is -0.0408. The number of carbonyl (C=O) groups excluding carboxylic acids is 4. The molecule has 73 heavy (non-hydrogen) atoms. The van der Waals surface area contributed by atoms with E-state index >= 15 is 0 Å². The van der Waals surface area contributed by atoms with Gasteiger partial charge in [0, 0.05) is 134 Å². The summed E-state index contributed by atoms with van der Waals surface area (Å²) in [7, 11) is 2.41. The van der Waals surface area contributed by atoms with Crippen LogP contribution in [0.15, 0.2) is 92.1 Å². The zero-order valence-electron chi connectivity index (χ0n) is 56.6. The maximum absolute atomic E-state index is 10.6. The summed E-state index contributed by atoms with van der Waals surface area (Å²) in [4.78, 5) is 38.2. The molecular formula is C61H158Ar3O9. The third-order valence-corrected chi connectivity index (χ3v) is 1.60. The van der Waals surface area contributed by atoms with Gasteiger partial charge in [-0.15, -0.1) is 92.1 Å². The summed E-state index contributed by atoms with van der Waals surface area (Å²) in [5.41, 5.74) is 0.0487. The smallest absolute Gasteiger partial charge is 0.306 e. The van der Waals surface area contributed by atoms with E-state index in [1.165, 1.54) is 21.0 Å². The second kappa shape index (κ2) is 825.